The number of carbonyl (C=O) groups is 1. The van der Waals surface area contributed by atoms with Crippen LogP contribution in [0.4, 0.5) is 0 Å². The summed E-state index contributed by atoms with van der Waals surface area (Å²) in [4.78, 5) is 14.0. The number of hydrogen-bond donors (Lipinski definition) is 1. The van der Waals surface area contributed by atoms with Gasteiger partial charge in [0.1, 0.15) is 0 Å². The van der Waals surface area contributed by atoms with Crippen LogP contribution in [0.1, 0.15) is 21.5 Å². The summed E-state index contributed by atoms with van der Waals surface area (Å²) in [6, 6.07) is 6.00. The molecule has 0 radical (unpaired) electrons. The molecule has 3 nitrogen and oxygen atoms in total. The molecule has 1 aromatic carbocycles. The van der Waals surface area contributed by atoms with E-state index in [-0.39, 0.29) is 5.91 Å². The molecule has 16 heavy (non-hydrogen) atoms. The molecule has 0 aliphatic carbocycles. The Hall–Kier alpha value is -1.35. The molecule has 1 fully saturated rings. The van der Waals surface area contributed by atoms with Crippen molar-refractivity contribution in [2.24, 2.45) is 11.7 Å². The first-order valence-electron chi connectivity index (χ1n) is 5.68. The molecule has 0 unspecified atom stereocenters. The zero-order chi connectivity index (χ0) is 11.7. The second kappa shape index (κ2) is 4.26. The lowest BCUT2D eigenvalue weighted by atomic mass is 9.97. The molecule has 1 aromatic rings. The third kappa shape index (κ3) is 1.95. The van der Waals surface area contributed by atoms with E-state index in [0.717, 1.165) is 29.8 Å². The molecular weight excluding hydrogens is 200 g/mol. The number of nitrogens with two attached hydrogens (primary N) is 1. The fraction of sp³-hybridized carbons (Fsp3) is 0.462. The van der Waals surface area contributed by atoms with Gasteiger partial charge in [-0.3, -0.25) is 4.79 Å². The average Bonchev–Trinajstić information content (AvgIpc) is 2.20. The molecule has 2 N–H and O–H groups in total. The van der Waals surface area contributed by atoms with Crippen LogP contribution >= 0.6 is 0 Å². The van der Waals surface area contributed by atoms with Crippen molar-refractivity contribution in [3.05, 3.63) is 34.9 Å². The van der Waals surface area contributed by atoms with Crippen LogP contribution < -0.4 is 5.73 Å². The van der Waals surface area contributed by atoms with Gasteiger partial charge >= 0.3 is 0 Å². The first-order valence-corrected chi connectivity index (χ1v) is 5.68. The monoisotopic (exact) mass is 218 g/mol. The predicted molar refractivity (Wildman–Crippen MR) is 64.4 cm³/mol. The fourth-order valence-corrected chi connectivity index (χ4v) is 2.02. The molecule has 3 heteroatoms. The van der Waals surface area contributed by atoms with Crippen molar-refractivity contribution in [1.29, 1.82) is 0 Å². The van der Waals surface area contributed by atoms with Gasteiger partial charge in [-0.15, -0.1) is 0 Å². The normalized spacial score (nSPS) is 16.1. The Morgan fingerprint density at radius 3 is 2.75 bits per heavy atom. The van der Waals surface area contributed by atoms with Crippen molar-refractivity contribution in [1.82, 2.24) is 4.90 Å². The number of hydrogen-bond acceptors (Lipinski definition) is 2. The number of aryl methyl sites for hydroxylation is 2. The van der Waals surface area contributed by atoms with Gasteiger partial charge in [0.15, 0.2) is 0 Å². The molecule has 2 rings (SSSR count). The molecule has 0 saturated carbocycles. The summed E-state index contributed by atoms with van der Waals surface area (Å²) in [5, 5.41) is 0. The zero-order valence-electron chi connectivity index (χ0n) is 9.86. The summed E-state index contributed by atoms with van der Waals surface area (Å²) in [7, 11) is 0. The van der Waals surface area contributed by atoms with Crippen LogP contribution in [0.2, 0.25) is 0 Å². The highest BCUT2D eigenvalue weighted by Gasteiger charge is 2.30. The van der Waals surface area contributed by atoms with Gasteiger partial charge in [0.2, 0.25) is 0 Å². The van der Waals surface area contributed by atoms with Gasteiger partial charge in [-0.25, -0.2) is 0 Å². The number of amides is 1. The number of rotatable bonds is 2. The van der Waals surface area contributed by atoms with Gasteiger partial charge < -0.3 is 10.6 Å². The summed E-state index contributed by atoms with van der Waals surface area (Å²) in [5.41, 5.74) is 8.56. The smallest absolute Gasteiger partial charge is 0.254 e. The molecule has 1 aliphatic heterocycles. The Balaban J connectivity index is 2.13. The Labute approximate surface area is 96.2 Å². The van der Waals surface area contributed by atoms with E-state index in [9.17, 15) is 4.79 Å². The van der Waals surface area contributed by atoms with Crippen molar-refractivity contribution in [3.8, 4) is 0 Å². The van der Waals surface area contributed by atoms with Crippen molar-refractivity contribution in [2.75, 3.05) is 19.6 Å². The highest BCUT2D eigenvalue weighted by atomic mass is 16.2. The summed E-state index contributed by atoms with van der Waals surface area (Å²) in [6.07, 6.45) is 0. The van der Waals surface area contributed by atoms with E-state index in [4.69, 9.17) is 5.73 Å². The van der Waals surface area contributed by atoms with Crippen LogP contribution in [0.3, 0.4) is 0 Å². The van der Waals surface area contributed by atoms with Crippen LogP contribution in [0.5, 0.6) is 0 Å². The van der Waals surface area contributed by atoms with E-state index in [2.05, 4.69) is 0 Å². The second-order valence-corrected chi connectivity index (χ2v) is 4.63. The summed E-state index contributed by atoms with van der Waals surface area (Å²) >= 11 is 0. The standard InChI is InChI=1S/C13H18N2O/c1-9-3-4-10(2)12(5-9)13(16)15-7-11(6-14)8-15/h3-5,11H,6-8,14H2,1-2H3. The van der Waals surface area contributed by atoms with E-state index >= 15 is 0 Å². The predicted octanol–water partition coefficient (Wildman–Crippen LogP) is 1.33. The Kier molecular flexibility index (Phi) is 2.97. The molecule has 0 atom stereocenters. The van der Waals surface area contributed by atoms with Gasteiger partial charge in [-0.05, 0) is 32.0 Å². The van der Waals surface area contributed by atoms with Gasteiger partial charge in [0.05, 0.1) is 0 Å². The molecule has 86 valence electrons. The van der Waals surface area contributed by atoms with Gasteiger partial charge in [0.25, 0.3) is 5.91 Å². The molecule has 1 amide bonds. The quantitative estimate of drug-likeness (QED) is 0.814. The Bertz CT molecular complexity index is 408. The van der Waals surface area contributed by atoms with E-state index in [1.54, 1.807) is 0 Å². The third-order valence-corrected chi connectivity index (χ3v) is 3.20. The van der Waals surface area contributed by atoms with E-state index in [1.807, 2.05) is 36.9 Å². The largest absolute Gasteiger partial charge is 0.338 e. The Morgan fingerprint density at radius 1 is 1.44 bits per heavy atom. The van der Waals surface area contributed by atoms with Gasteiger partial charge in [-0.1, -0.05) is 17.7 Å². The highest BCUT2D eigenvalue weighted by molar-refractivity contribution is 5.96. The molecular formula is C13H18N2O. The SMILES string of the molecule is Cc1ccc(C)c(C(=O)N2CC(CN)C2)c1. The maximum atomic E-state index is 12.1. The second-order valence-electron chi connectivity index (χ2n) is 4.63. The molecule has 1 saturated heterocycles. The van der Waals surface area contributed by atoms with Crippen LogP contribution in [0.15, 0.2) is 18.2 Å². The minimum atomic E-state index is 0.144. The zero-order valence-corrected chi connectivity index (χ0v) is 9.86. The topological polar surface area (TPSA) is 46.3 Å². The minimum absolute atomic E-state index is 0.144. The molecule has 0 spiro atoms. The van der Waals surface area contributed by atoms with E-state index in [0.29, 0.717) is 12.5 Å². The highest BCUT2D eigenvalue weighted by Crippen LogP contribution is 2.20. The number of likely N-dealkylation sites (tertiary alicyclic amines) is 1. The number of nitrogens with zero attached hydrogens (tertiary/aromatic N) is 1. The van der Waals surface area contributed by atoms with Crippen LogP contribution in [-0.2, 0) is 0 Å². The van der Waals surface area contributed by atoms with Crippen molar-refractivity contribution in [3.63, 3.8) is 0 Å². The fourth-order valence-electron chi connectivity index (χ4n) is 2.02. The van der Waals surface area contributed by atoms with E-state index in [1.165, 1.54) is 0 Å². The van der Waals surface area contributed by atoms with Crippen molar-refractivity contribution in [2.45, 2.75) is 13.8 Å². The lowest BCUT2D eigenvalue weighted by Crippen LogP contribution is -2.52. The van der Waals surface area contributed by atoms with Gasteiger partial charge in [0, 0.05) is 24.6 Å². The van der Waals surface area contributed by atoms with Gasteiger partial charge in [-0.2, -0.15) is 0 Å². The van der Waals surface area contributed by atoms with Crippen LogP contribution in [0, 0.1) is 19.8 Å². The minimum Gasteiger partial charge on any atom is -0.338 e. The molecule has 1 aliphatic rings. The first-order chi connectivity index (χ1) is 7.61. The van der Waals surface area contributed by atoms with Crippen LogP contribution in [-0.4, -0.2) is 30.4 Å². The Morgan fingerprint density at radius 2 is 2.12 bits per heavy atom. The summed E-state index contributed by atoms with van der Waals surface area (Å²) < 4.78 is 0. The molecule has 0 aromatic heterocycles. The summed E-state index contributed by atoms with van der Waals surface area (Å²) in [5.74, 6) is 0.639. The number of carbonyl (C=O) groups excluding carboxylic acids is 1. The molecule has 1 heterocycles. The lowest BCUT2D eigenvalue weighted by molar-refractivity contribution is 0.0514. The first kappa shape index (κ1) is 11.1. The molecule has 0 bridgehead atoms. The van der Waals surface area contributed by atoms with E-state index < -0.39 is 0 Å². The average molecular weight is 218 g/mol. The summed E-state index contributed by atoms with van der Waals surface area (Å²) in [6.45, 7) is 6.28. The van der Waals surface area contributed by atoms with Crippen molar-refractivity contribution >= 4 is 5.91 Å². The lowest BCUT2D eigenvalue weighted by Gasteiger charge is -2.39. The number of benzene rings is 1. The maximum Gasteiger partial charge on any atom is 0.254 e. The third-order valence-electron chi connectivity index (χ3n) is 3.20. The van der Waals surface area contributed by atoms with Crippen molar-refractivity contribution < 1.29 is 4.79 Å². The van der Waals surface area contributed by atoms with Crippen LogP contribution in [0.25, 0.3) is 0 Å². The maximum absolute atomic E-state index is 12.1.